The number of carbonyl (C=O) groups is 5. The number of barbiturate groups is 1. The van der Waals surface area contributed by atoms with Crippen LogP contribution in [0.1, 0.15) is 26.5 Å². The molecule has 0 aliphatic carbocycles. The molecule has 3 N–H and O–H groups in total. The maximum absolute atomic E-state index is 12.8. The van der Waals surface area contributed by atoms with E-state index in [2.05, 4.69) is 21.2 Å². The van der Waals surface area contributed by atoms with Crippen molar-refractivity contribution in [3.8, 4) is 0 Å². The molecule has 1 aliphatic heterocycles. The molecule has 2 heterocycles. The number of benzene rings is 2. The van der Waals surface area contributed by atoms with Gasteiger partial charge in [0.1, 0.15) is 0 Å². The van der Waals surface area contributed by atoms with E-state index in [1.165, 1.54) is 36.6 Å². The Hall–Kier alpha value is -5.06. The summed E-state index contributed by atoms with van der Waals surface area (Å²) < 4.78 is 5.02. The number of amides is 6. The van der Waals surface area contributed by atoms with Crippen LogP contribution in [-0.4, -0.2) is 35.9 Å². The average molecular weight is 473 g/mol. The van der Waals surface area contributed by atoms with Gasteiger partial charge in [0.05, 0.1) is 12.0 Å². The van der Waals surface area contributed by atoms with Crippen LogP contribution in [0.2, 0.25) is 0 Å². The lowest BCUT2D eigenvalue weighted by Gasteiger charge is -2.28. The van der Waals surface area contributed by atoms with Crippen LogP contribution in [0.4, 0.5) is 16.2 Å². The van der Waals surface area contributed by atoms with Crippen molar-refractivity contribution in [3.63, 3.8) is 0 Å². The van der Waals surface area contributed by atoms with Crippen molar-refractivity contribution in [2.24, 2.45) is 11.0 Å². The molecule has 0 radical (unpaired) electrons. The van der Waals surface area contributed by atoms with Gasteiger partial charge < -0.3 is 9.73 Å². The minimum absolute atomic E-state index is 0.144. The van der Waals surface area contributed by atoms with E-state index in [9.17, 15) is 24.0 Å². The number of hydrogen-bond acceptors (Lipinski definition) is 7. The van der Waals surface area contributed by atoms with Crippen LogP contribution < -0.4 is 21.0 Å². The second-order valence-electron chi connectivity index (χ2n) is 7.51. The normalized spacial score (nSPS) is 15.7. The first kappa shape index (κ1) is 23.1. The summed E-state index contributed by atoms with van der Waals surface area (Å²) in [6.45, 7) is 1.80. The second-order valence-corrected chi connectivity index (χ2v) is 7.51. The van der Waals surface area contributed by atoms with E-state index in [0.717, 1.165) is 16.7 Å². The molecular formula is C24H19N5O6. The van der Waals surface area contributed by atoms with Crippen molar-refractivity contribution in [3.05, 3.63) is 83.8 Å². The number of nitrogens with zero attached hydrogens (tertiary/aromatic N) is 2. The molecule has 0 saturated carbocycles. The molecule has 1 saturated heterocycles. The minimum Gasteiger partial charge on any atom is -0.459 e. The van der Waals surface area contributed by atoms with Crippen molar-refractivity contribution in [2.75, 3.05) is 10.2 Å². The van der Waals surface area contributed by atoms with Crippen LogP contribution in [0.3, 0.4) is 0 Å². The Balaban J connectivity index is 1.39. The Morgan fingerprint density at radius 2 is 1.80 bits per heavy atom. The summed E-state index contributed by atoms with van der Waals surface area (Å²) in [4.78, 5) is 62.5. The predicted molar refractivity (Wildman–Crippen MR) is 125 cm³/mol. The SMILES string of the molecule is Cc1cccc(N2C(=O)NC(=O)[C@@H](/C=N\NC(=O)c3ccc(NC(=O)c4ccco4)cc3)C2=O)c1. The van der Waals surface area contributed by atoms with Gasteiger partial charge in [-0.15, -0.1) is 0 Å². The number of nitrogens with one attached hydrogen (secondary N) is 3. The first-order chi connectivity index (χ1) is 16.8. The number of anilines is 2. The maximum Gasteiger partial charge on any atom is 0.335 e. The molecule has 35 heavy (non-hydrogen) atoms. The van der Waals surface area contributed by atoms with E-state index in [4.69, 9.17) is 4.42 Å². The van der Waals surface area contributed by atoms with Crippen molar-refractivity contribution in [2.45, 2.75) is 6.92 Å². The highest BCUT2D eigenvalue weighted by Crippen LogP contribution is 2.21. The zero-order valence-electron chi connectivity index (χ0n) is 18.3. The lowest BCUT2D eigenvalue weighted by Crippen LogP contribution is -2.58. The number of aryl methyl sites for hydroxylation is 1. The highest BCUT2D eigenvalue weighted by molar-refractivity contribution is 6.32. The summed E-state index contributed by atoms with van der Waals surface area (Å²) in [6.07, 6.45) is 2.34. The van der Waals surface area contributed by atoms with Crippen molar-refractivity contribution in [1.29, 1.82) is 0 Å². The van der Waals surface area contributed by atoms with Gasteiger partial charge in [0.2, 0.25) is 5.91 Å². The van der Waals surface area contributed by atoms with E-state index >= 15 is 0 Å². The maximum atomic E-state index is 12.8. The number of furan rings is 1. The van der Waals surface area contributed by atoms with Gasteiger partial charge in [-0.25, -0.2) is 15.1 Å². The Kier molecular flexibility index (Phi) is 6.49. The average Bonchev–Trinajstić information content (AvgIpc) is 3.37. The van der Waals surface area contributed by atoms with Crippen LogP contribution in [-0.2, 0) is 9.59 Å². The molecule has 176 valence electrons. The Morgan fingerprint density at radius 1 is 1.03 bits per heavy atom. The van der Waals surface area contributed by atoms with E-state index < -0.39 is 35.6 Å². The Bertz CT molecular complexity index is 1330. The number of hydrazone groups is 1. The number of imide groups is 2. The van der Waals surface area contributed by atoms with Gasteiger partial charge in [0, 0.05) is 17.5 Å². The topological polar surface area (TPSA) is 150 Å². The standard InChI is InChI=1S/C24H19N5O6/c1-14-4-2-5-17(12-14)29-23(33)18(21(31)27-24(29)34)13-25-28-20(30)15-7-9-16(10-8-15)26-22(32)19-6-3-11-35-19/h2-13,18H,1H3,(H,26,32)(H,28,30)(H,27,31,34)/b25-13-/t18-/m1/s1. The van der Waals surface area contributed by atoms with Crippen LogP contribution in [0, 0.1) is 12.8 Å². The molecule has 0 bridgehead atoms. The molecule has 1 aromatic heterocycles. The van der Waals surface area contributed by atoms with Gasteiger partial charge in [-0.05, 0) is 61.0 Å². The van der Waals surface area contributed by atoms with Crippen LogP contribution >= 0.6 is 0 Å². The third-order valence-corrected chi connectivity index (χ3v) is 5.00. The molecule has 3 aromatic rings. The highest BCUT2D eigenvalue weighted by Gasteiger charge is 2.40. The molecule has 1 aliphatic rings. The third-order valence-electron chi connectivity index (χ3n) is 5.00. The predicted octanol–water partition coefficient (Wildman–Crippen LogP) is 2.46. The van der Waals surface area contributed by atoms with E-state index in [1.54, 1.807) is 37.3 Å². The molecule has 0 spiro atoms. The first-order valence-corrected chi connectivity index (χ1v) is 10.4. The Morgan fingerprint density at radius 3 is 2.49 bits per heavy atom. The van der Waals surface area contributed by atoms with Gasteiger partial charge >= 0.3 is 6.03 Å². The summed E-state index contributed by atoms with van der Waals surface area (Å²) >= 11 is 0. The van der Waals surface area contributed by atoms with Crippen molar-refractivity contribution in [1.82, 2.24) is 10.7 Å². The van der Waals surface area contributed by atoms with Crippen molar-refractivity contribution < 1.29 is 28.4 Å². The minimum atomic E-state index is -1.41. The van der Waals surface area contributed by atoms with Gasteiger partial charge in [-0.3, -0.25) is 24.5 Å². The number of hydrogen-bond donors (Lipinski definition) is 3. The van der Waals surface area contributed by atoms with Gasteiger partial charge in [-0.2, -0.15) is 5.10 Å². The van der Waals surface area contributed by atoms with E-state index in [0.29, 0.717) is 11.4 Å². The largest absolute Gasteiger partial charge is 0.459 e. The second kappa shape index (κ2) is 9.83. The molecule has 6 amide bonds. The monoisotopic (exact) mass is 473 g/mol. The van der Waals surface area contributed by atoms with Crippen LogP contribution in [0.5, 0.6) is 0 Å². The van der Waals surface area contributed by atoms with Crippen LogP contribution in [0.25, 0.3) is 0 Å². The fourth-order valence-electron chi connectivity index (χ4n) is 3.27. The zero-order chi connectivity index (χ0) is 24.9. The summed E-state index contributed by atoms with van der Waals surface area (Å²) in [7, 11) is 0. The fraction of sp³-hybridized carbons (Fsp3) is 0.0833. The smallest absolute Gasteiger partial charge is 0.335 e. The van der Waals surface area contributed by atoms with Crippen molar-refractivity contribution >= 4 is 47.2 Å². The summed E-state index contributed by atoms with van der Waals surface area (Å²) in [5.74, 6) is -3.96. The molecule has 11 nitrogen and oxygen atoms in total. The van der Waals surface area contributed by atoms with Gasteiger partial charge in [0.25, 0.3) is 17.7 Å². The molecule has 11 heteroatoms. The lowest BCUT2D eigenvalue weighted by molar-refractivity contribution is -0.131. The molecule has 0 unspecified atom stereocenters. The third kappa shape index (κ3) is 5.14. The fourth-order valence-corrected chi connectivity index (χ4v) is 3.27. The lowest BCUT2D eigenvalue weighted by atomic mass is 10.1. The summed E-state index contributed by atoms with van der Waals surface area (Å²) in [5.41, 5.74) is 4.03. The van der Waals surface area contributed by atoms with Gasteiger partial charge in [0.15, 0.2) is 11.7 Å². The number of carbonyl (C=O) groups excluding carboxylic acids is 5. The van der Waals surface area contributed by atoms with Gasteiger partial charge in [-0.1, -0.05) is 12.1 Å². The molecule has 4 rings (SSSR count). The van der Waals surface area contributed by atoms with E-state index in [1.807, 2.05) is 0 Å². The number of rotatable bonds is 6. The molecule has 2 aromatic carbocycles. The first-order valence-electron chi connectivity index (χ1n) is 10.4. The number of urea groups is 1. The summed E-state index contributed by atoms with van der Waals surface area (Å²) in [5, 5.41) is 8.46. The zero-order valence-corrected chi connectivity index (χ0v) is 18.3. The Labute approximate surface area is 198 Å². The highest BCUT2D eigenvalue weighted by atomic mass is 16.3. The van der Waals surface area contributed by atoms with Crippen LogP contribution in [0.15, 0.2) is 76.4 Å². The quantitative estimate of drug-likeness (QED) is 0.284. The molecule has 1 fully saturated rings. The summed E-state index contributed by atoms with van der Waals surface area (Å²) in [6, 6.07) is 14.9. The van der Waals surface area contributed by atoms with E-state index in [-0.39, 0.29) is 11.3 Å². The molecular weight excluding hydrogens is 454 g/mol. The molecule has 1 atom stereocenters.